The van der Waals surface area contributed by atoms with Crippen LogP contribution in [0.25, 0.3) is 0 Å². The summed E-state index contributed by atoms with van der Waals surface area (Å²) in [5.41, 5.74) is 0.682. The van der Waals surface area contributed by atoms with E-state index >= 15 is 0 Å². The Morgan fingerprint density at radius 1 is 0.816 bits per heavy atom. The molecule has 0 heterocycles. The van der Waals surface area contributed by atoms with Gasteiger partial charge in [0, 0.05) is 0 Å². The predicted octanol–water partition coefficient (Wildman–Crippen LogP) is 7.47. The van der Waals surface area contributed by atoms with Gasteiger partial charge in [0.25, 0.3) is 0 Å². The van der Waals surface area contributed by atoms with Crippen LogP contribution in [0.2, 0.25) is 0 Å². The highest BCUT2D eigenvalue weighted by atomic mass is 16.3. The Morgan fingerprint density at radius 3 is 2.00 bits per heavy atom. The molecular weight excluding hydrogens is 468 g/mol. The van der Waals surface area contributed by atoms with Crippen LogP contribution >= 0.6 is 0 Å². The van der Waals surface area contributed by atoms with E-state index in [0.717, 1.165) is 50.4 Å². The smallest absolute Gasteiger partial charge is 0.0594 e. The molecule has 0 bridgehead atoms. The third kappa shape index (κ3) is 4.78. The van der Waals surface area contributed by atoms with Gasteiger partial charge in [-0.25, -0.2) is 0 Å². The lowest BCUT2D eigenvalue weighted by molar-refractivity contribution is -0.132. The fraction of sp³-hybridized carbons (Fsp3) is 0.886. The van der Waals surface area contributed by atoms with Crippen LogP contribution in [-0.2, 0) is 0 Å². The average molecular weight is 529 g/mol. The Morgan fingerprint density at radius 2 is 1.42 bits per heavy atom. The zero-order chi connectivity index (χ0) is 29.3. The predicted molar refractivity (Wildman–Crippen MR) is 160 cm³/mol. The van der Waals surface area contributed by atoms with Gasteiger partial charge in [0.05, 0.1) is 17.8 Å². The number of hydrogen-bond donors (Lipinski definition) is 3. The molecular formula is C35H60O3. The zero-order valence-electron chi connectivity index (χ0n) is 26.0. The normalized spacial score (nSPS) is 45.5. The maximum atomic E-state index is 11.3. The summed E-state index contributed by atoms with van der Waals surface area (Å²) in [7, 11) is 0. The van der Waals surface area contributed by atoms with E-state index in [9.17, 15) is 15.3 Å². The first-order valence-electron chi connectivity index (χ1n) is 15.6. The standard InChI is InChI=1S/C29H50O3.C2H6.2C2H2/c1-18-28-16-15-27(6)20(9-7-8-13-25(2,3)32)22(30)17-21(27)19(28)10-11-23-26(4,5)24(31)12-14-29(18,23)28;3*1-2/h18-24,30-32H,7-17H2,1-6H3;1-2H3;2*1-2H/t18-,19-,20?,21?,22+,23?,24-,27+,28-,29?;;;/m0.../s1. The minimum absolute atomic E-state index is 0.0416. The molecule has 0 saturated heterocycles. The molecule has 218 valence electrons. The van der Waals surface area contributed by atoms with Crippen molar-refractivity contribution in [3.8, 4) is 25.7 Å². The van der Waals surface area contributed by atoms with Crippen LogP contribution < -0.4 is 0 Å². The lowest BCUT2D eigenvalue weighted by Gasteiger charge is -2.59. The fourth-order valence-corrected chi connectivity index (χ4v) is 11.2. The lowest BCUT2D eigenvalue weighted by Crippen LogP contribution is -2.54. The average Bonchev–Trinajstić information content (AvgIpc) is 3.31. The van der Waals surface area contributed by atoms with Crippen LogP contribution in [0.15, 0.2) is 0 Å². The molecule has 5 aliphatic carbocycles. The first kappa shape index (κ1) is 33.2. The summed E-state index contributed by atoms with van der Waals surface area (Å²) in [6.07, 6.45) is 28.3. The summed E-state index contributed by atoms with van der Waals surface area (Å²) in [6.45, 7) is 17.6. The van der Waals surface area contributed by atoms with Crippen molar-refractivity contribution in [3.63, 3.8) is 0 Å². The molecule has 5 saturated carbocycles. The second kappa shape index (κ2) is 11.9. The van der Waals surface area contributed by atoms with Gasteiger partial charge in [0.15, 0.2) is 0 Å². The molecule has 5 aliphatic rings. The third-order valence-electron chi connectivity index (χ3n) is 12.7. The Bertz CT molecular complexity index is 814. The molecule has 0 radical (unpaired) electrons. The molecule has 0 amide bonds. The van der Waals surface area contributed by atoms with Gasteiger partial charge in [-0.15, -0.1) is 25.7 Å². The molecule has 38 heavy (non-hydrogen) atoms. The Labute approximate surface area is 236 Å². The fourth-order valence-electron chi connectivity index (χ4n) is 11.2. The molecule has 5 fully saturated rings. The van der Waals surface area contributed by atoms with Gasteiger partial charge in [-0.1, -0.05) is 54.4 Å². The van der Waals surface area contributed by atoms with Crippen LogP contribution in [0.3, 0.4) is 0 Å². The number of aliphatic hydroxyl groups excluding tert-OH is 2. The van der Waals surface area contributed by atoms with Crippen molar-refractivity contribution in [2.45, 2.75) is 144 Å². The van der Waals surface area contributed by atoms with Gasteiger partial charge in [-0.3, -0.25) is 0 Å². The van der Waals surface area contributed by atoms with E-state index in [1.165, 1.54) is 32.1 Å². The van der Waals surface area contributed by atoms with Crippen LogP contribution in [0, 0.1) is 76.9 Å². The van der Waals surface area contributed by atoms with E-state index in [1.54, 1.807) is 0 Å². The Hall–Kier alpha value is -1.00. The first-order chi connectivity index (χ1) is 17.8. The van der Waals surface area contributed by atoms with Gasteiger partial charge in [-0.05, 0) is 123 Å². The van der Waals surface area contributed by atoms with E-state index in [2.05, 4.69) is 53.4 Å². The molecule has 0 aromatic heterocycles. The van der Waals surface area contributed by atoms with Gasteiger partial charge >= 0.3 is 0 Å². The zero-order valence-corrected chi connectivity index (χ0v) is 26.0. The molecule has 0 aliphatic heterocycles. The highest BCUT2D eigenvalue weighted by molar-refractivity contribution is 5.32. The number of rotatable bonds is 5. The number of hydrogen-bond acceptors (Lipinski definition) is 3. The third-order valence-corrected chi connectivity index (χ3v) is 12.7. The van der Waals surface area contributed by atoms with Crippen molar-refractivity contribution >= 4 is 0 Å². The highest BCUT2D eigenvalue weighted by Gasteiger charge is 2.84. The largest absolute Gasteiger partial charge is 0.393 e. The van der Waals surface area contributed by atoms with Crippen LogP contribution in [0.4, 0.5) is 0 Å². The van der Waals surface area contributed by atoms with E-state index in [1.807, 2.05) is 27.7 Å². The van der Waals surface area contributed by atoms with E-state index in [4.69, 9.17) is 0 Å². The SMILES string of the molecule is C#C.C#C.CC.C[C@@H]1C23CC[C@H](O)C(C)(C)C2CC[C@H]2C4C[C@@H](O)C(CCCCC(C)(C)O)[C@@]4(C)CC[C@]123. The summed E-state index contributed by atoms with van der Waals surface area (Å²) < 4.78 is 0. The Balaban J connectivity index is 0.000000791. The Kier molecular flexibility index (Phi) is 10.4. The number of aliphatic hydroxyl groups is 3. The summed E-state index contributed by atoms with van der Waals surface area (Å²) in [5.74, 6) is 3.32. The molecule has 0 aromatic rings. The van der Waals surface area contributed by atoms with Crippen molar-refractivity contribution < 1.29 is 15.3 Å². The number of fused-ring (bicyclic) bond motifs is 2. The number of terminal acetylenes is 2. The van der Waals surface area contributed by atoms with E-state index in [-0.39, 0.29) is 23.0 Å². The highest BCUT2D eigenvalue weighted by Crippen LogP contribution is 2.89. The molecule has 0 aromatic carbocycles. The second-order valence-corrected chi connectivity index (χ2v) is 14.5. The van der Waals surface area contributed by atoms with E-state index in [0.29, 0.717) is 28.6 Å². The minimum atomic E-state index is -0.575. The van der Waals surface area contributed by atoms with Crippen LogP contribution in [0.5, 0.6) is 0 Å². The van der Waals surface area contributed by atoms with Crippen LogP contribution in [-0.4, -0.2) is 33.1 Å². The van der Waals surface area contributed by atoms with Crippen molar-refractivity contribution in [2.24, 2.45) is 51.2 Å². The van der Waals surface area contributed by atoms with Gasteiger partial charge in [0.2, 0.25) is 0 Å². The van der Waals surface area contributed by atoms with Crippen molar-refractivity contribution in [2.75, 3.05) is 0 Å². The maximum absolute atomic E-state index is 11.3. The van der Waals surface area contributed by atoms with Crippen LogP contribution in [0.1, 0.15) is 126 Å². The van der Waals surface area contributed by atoms with Gasteiger partial charge in [0.1, 0.15) is 0 Å². The maximum Gasteiger partial charge on any atom is 0.0594 e. The summed E-state index contributed by atoms with van der Waals surface area (Å²) in [5, 5.41) is 32.2. The first-order valence-corrected chi connectivity index (χ1v) is 15.6. The molecule has 5 rings (SSSR count). The van der Waals surface area contributed by atoms with Crippen molar-refractivity contribution in [3.05, 3.63) is 0 Å². The summed E-state index contributed by atoms with van der Waals surface area (Å²) in [6, 6.07) is 0. The quantitative estimate of drug-likeness (QED) is 0.256. The molecule has 10 atom stereocenters. The van der Waals surface area contributed by atoms with E-state index < -0.39 is 5.60 Å². The molecule has 3 N–H and O–H groups in total. The minimum Gasteiger partial charge on any atom is -0.393 e. The van der Waals surface area contributed by atoms with Crippen molar-refractivity contribution in [1.82, 2.24) is 0 Å². The monoisotopic (exact) mass is 528 g/mol. The molecule has 4 unspecified atom stereocenters. The van der Waals surface area contributed by atoms with Gasteiger partial charge in [-0.2, -0.15) is 0 Å². The molecule has 3 nitrogen and oxygen atoms in total. The van der Waals surface area contributed by atoms with Crippen molar-refractivity contribution in [1.29, 1.82) is 0 Å². The number of unbranched alkanes of at least 4 members (excludes halogenated alkanes) is 1. The molecule has 3 heteroatoms. The topological polar surface area (TPSA) is 60.7 Å². The lowest BCUT2D eigenvalue weighted by atomic mass is 9.46. The van der Waals surface area contributed by atoms with Gasteiger partial charge < -0.3 is 15.3 Å². The molecule has 2 spiro atoms. The second-order valence-electron chi connectivity index (χ2n) is 14.5. The summed E-state index contributed by atoms with van der Waals surface area (Å²) >= 11 is 0. The summed E-state index contributed by atoms with van der Waals surface area (Å²) in [4.78, 5) is 0.